The lowest BCUT2D eigenvalue weighted by Gasteiger charge is -2.08. The number of benzene rings is 3. The Hall–Kier alpha value is -1.56. The standard InChI is InChI=1S/C20H17BrN2S.BrH/c21-18-7-4-8-19(13-18)23-20(22)24-14-15-9-11-17(12-10-15)16-5-2-1-3-6-16;/h1-13H,14H2,(H2,22,23);1H. The van der Waals surface area contributed by atoms with Crippen LogP contribution >= 0.6 is 44.7 Å². The molecule has 0 spiro atoms. The third-order valence-electron chi connectivity index (χ3n) is 3.53. The van der Waals surface area contributed by atoms with Crippen LogP contribution in [0.25, 0.3) is 11.1 Å². The zero-order chi connectivity index (χ0) is 16.8. The van der Waals surface area contributed by atoms with Crippen LogP contribution in [-0.4, -0.2) is 5.17 Å². The van der Waals surface area contributed by atoms with Gasteiger partial charge in [0.1, 0.15) is 0 Å². The largest absolute Gasteiger partial charge is 0.335 e. The zero-order valence-electron chi connectivity index (χ0n) is 13.4. The summed E-state index contributed by atoms with van der Waals surface area (Å²) in [5, 5.41) is 11.6. The molecule has 0 aromatic heterocycles. The lowest BCUT2D eigenvalue weighted by atomic mass is 10.0. The Kier molecular flexibility index (Phi) is 7.75. The smallest absolute Gasteiger partial charge is 0.158 e. The van der Waals surface area contributed by atoms with Crippen LogP contribution < -0.4 is 5.32 Å². The third kappa shape index (κ3) is 6.03. The Labute approximate surface area is 171 Å². The second-order valence-electron chi connectivity index (χ2n) is 5.32. The van der Waals surface area contributed by atoms with Crippen molar-refractivity contribution < 1.29 is 0 Å². The first-order chi connectivity index (χ1) is 11.7. The summed E-state index contributed by atoms with van der Waals surface area (Å²) in [5.41, 5.74) is 4.56. The highest BCUT2D eigenvalue weighted by atomic mass is 79.9. The molecule has 0 fully saturated rings. The number of hydrogen-bond acceptors (Lipinski definition) is 2. The van der Waals surface area contributed by atoms with Crippen LogP contribution in [0.5, 0.6) is 0 Å². The average molecular weight is 478 g/mol. The lowest BCUT2D eigenvalue weighted by molar-refractivity contribution is 1.42. The SMILES string of the molecule is Br.N=C(Nc1cccc(Br)c1)SCc1ccc(-c2ccccc2)cc1. The Bertz CT molecular complexity index is 821. The molecule has 0 saturated heterocycles. The molecule has 128 valence electrons. The fourth-order valence-corrected chi connectivity index (χ4v) is 3.41. The molecule has 0 heterocycles. The van der Waals surface area contributed by atoms with E-state index in [0.29, 0.717) is 5.17 Å². The predicted octanol–water partition coefficient (Wildman–Crippen LogP) is 6.97. The van der Waals surface area contributed by atoms with Gasteiger partial charge in [0, 0.05) is 15.9 Å². The minimum atomic E-state index is 0. The van der Waals surface area contributed by atoms with Crippen molar-refractivity contribution in [1.82, 2.24) is 0 Å². The Morgan fingerprint density at radius 2 is 1.56 bits per heavy atom. The number of anilines is 1. The number of rotatable bonds is 4. The summed E-state index contributed by atoms with van der Waals surface area (Å²) in [6.07, 6.45) is 0. The first-order valence-electron chi connectivity index (χ1n) is 7.59. The minimum absolute atomic E-state index is 0. The normalized spacial score (nSPS) is 9.96. The van der Waals surface area contributed by atoms with E-state index in [4.69, 9.17) is 5.41 Å². The van der Waals surface area contributed by atoms with E-state index in [1.54, 1.807) is 0 Å². The van der Waals surface area contributed by atoms with Gasteiger partial charge < -0.3 is 5.32 Å². The van der Waals surface area contributed by atoms with Crippen molar-refractivity contribution in [3.63, 3.8) is 0 Å². The highest BCUT2D eigenvalue weighted by Gasteiger charge is 2.02. The Balaban J connectivity index is 0.00000225. The van der Waals surface area contributed by atoms with Crippen LogP contribution in [0.1, 0.15) is 5.56 Å². The van der Waals surface area contributed by atoms with Crippen LogP contribution in [0.2, 0.25) is 0 Å². The van der Waals surface area contributed by atoms with E-state index in [-0.39, 0.29) is 17.0 Å². The molecule has 2 nitrogen and oxygen atoms in total. The second-order valence-corrected chi connectivity index (χ2v) is 7.22. The fraction of sp³-hybridized carbons (Fsp3) is 0.0500. The van der Waals surface area contributed by atoms with Gasteiger partial charge in [-0.05, 0) is 34.9 Å². The summed E-state index contributed by atoms with van der Waals surface area (Å²) in [6.45, 7) is 0. The molecule has 3 aromatic carbocycles. The molecule has 3 rings (SSSR count). The van der Waals surface area contributed by atoms with Crippen molar-refractivity contribution >= 4 is 55.5 Å². The maximum absolute atomic E-state index is 8.06. The van der Waals surface area contributed by atoms with Crippen LogP contribution in [0, 0.1) is 5.41 Å². The summed E-state index contributed by atoms with van der Waals surface area (Å²) in [7, 11) is 0. The van der Waals surface area contributed by atoms with Gasteiger partial charge in [0.05, 0.1) is 0 Å². The van der Waals surface area contributed by atoms with E-state index >= 15 is 0 Å². The molecular weight excluding hydrogens is 460 g/mol. The molecule has 3 aromatic rings. The first kappa shape index (κ1) is 19.8. The van der Waals surface area contributed by atoms with Gasteiger partial charge in [-0.2, -0.15) is 0 Å². The number of amidine groups is 1. The fourth-order valence-electron chi connectivity index (χ4n) is 2.31. The van der Waals surface area contributed by atoms with E-state index in [2.05, 4.69) is 57.6 Å². The molecule has 0 saturated carbocycles. The van der Waals surface area contributed by atoms with E-state index in [1.165, 1.54) is 28.5 Å². The van der Waals surface area contributed by atoms with Gasteiger partial charge >= 0.3 is 0 Å². The quantitative estimate of drug-likeness (QED) is 0.314. The molecule has 25 heavy (non-hydrogen) atoms. The van der Waals surface area contributed by atoms with Crippen molar-refractivity contribution in [3.8, 4) is 11.1 Å². The molecule has 5 heteroatoms. The molecule has 0 radical (unpaired) electrons. The molecule has 0 aliphatic carbocycles. The molecule has 0 bridgehead atoms. The Morgan fingerprint density at radius 3 is 2.24 bits per heavy atom. The van der Waals surface area contributed by atoms with E-state index in [1.807, 2.05) is 42.5 Å². The third-order valence-corrected chi connectivity index (χ3v) is 4.89. The van der Waals surface area contributed by atoms with E-state index < -0.39 is 0 Å². The van der Waals surface area contributed by atoms with Crippen molar-refractivity contribution in [3.05, 3.63) is 88.9 Å². The van der Waals surface area contributed by atoms with Gasteiger partial charge in [0.25, 0.3) is 0 Å². The summed E-state index contributed by atoms with van der Waals surface area (Å²) in [4.78, 5) is 0. The lowest BCUT2D eigenvalue weighted by Crippen LogP contribution is -2.06. The van der Waals surface area contributed by atoms with Crippen LogP contribution in [0.15, 0.2) is 83.3 Å². The van der Waals surface area contributed by atoms with Crippen molar-refractivity contribution in [1.29, 1.82) is 5.41 Å². The minimum Gasteiger partial charge on any atom is -0.335 e. The van der Waals surface area contributed by atoms with Crippen LogP contribution in [0.4, 0.5) is 5.69 Å². The monoisotopic (exact) mass is 476 g/mol. The average Bonchev–Trinajstić information content (AvgIpc) is 2.61. The molecule has 0 amide bonds. The number of halogens is 2. The van der Waals surface area contributed by atoms with Crippen LogP contribution in [0.3, 0.4) is 0 Å². The number of nitrogens with one attached hydrogen (secondary N) is 2. The molecule has 2 N–H and O–H groups in total. The summed E-state index contributed by atoms with van der Waals surface area (Å²) in [6, 6.07) is 26.7. The maximum Gasteiger partial charge on any atom is 0.158 e. The van der Waals surface area contributed by atoms with Gasteiger partial charge in [0.2, 0.25) is 0 Å². The summed E-state index contributed by atoms with van der Waals surface area (Å²) < 4.78 is 1.00. The molecule has 0 aliphatic heterocycles. The van der Waals surface area contributed by atoms with Gasteiger partial charge in [-0.25, -0.2) is 0 Å². The van der Waals surface area contributed by atoms with Crippen LogP contribution in [-0.2, 0) is 5.75 Å². The number of hydrogen-bond donors (Lipinski definition) is 2. The van der Waals surface area contributed by atoms with E-state index in [9.17, 15) is 0 Å². The topological polar surface area (TPSA) is 35.9 Å². The zero-order valence-corrected chi connectivity index (χ0v) is 17.5. The molecule has 0 aliphatic rings. The number of thioether (sulfide) groups is 1. The highest BCUT2D eigenvalue weighted by molar-refractivity contribution is 9.10. The van der Waals surface area contributed by atoms with Crippen molar-refractivity contribution in [2.45, 2.75) is 5.75 Å². The maximum atomic E-state index is 8.06. The Morgan fingerprint density at radius 1 is 0.880 bits per heavy atom. The van der Waals surface area contributed by atoms with Crippen molar-refractivity contribution in [2.75, 3.05) is 5.32 Å². The highest BCUT2D eigenvalue weighted by Crippen LogP contribution is 2.22. The van der Waals surface area contributed by atoms with Crippen molar-refractivity contribution in [2.24, 2.45) is 0 Å². The van der Waals surface area contributed by atoms with Gasteiger partial charge in [-0.15, -0.1) is 17.0 Å². The summed E-state index contributed by atoms with van der Waals surface area (Å²) >= 11 is 4.93. The van der Waals surface area contributed by atoms with Gasteiger partial charge in [0.15, 0.2) is 5.17 Å². The summed E-state index contributed by atoms with van der Waals surface area (Å²) in [5.74, 6) is 0.773. The molecule has 0 unspecified atom stereocenters. The van der Waals surface area contributed by atoms with E-state index in [0.717, 1.165) is 15.9 Å². The van der Waals surface area contributed by atoms with Gasteiger partial charge in [-0.1, -0.05) is 88.4 Å². The molecular formula is C20H18Br2N2S. The van der Waals surface area contributed by atoms with Gasteiger partial charge in [-0.3, -0.25) is 5.41 Å². The predicted molar refractivity (Wildman–Crippen MR) is 119 cm³/mol. The second kappa shape index (κ2) is 9.80. The first-order valence-corrected chi connectivity index (χ1v) is 9.37. The molecule has 0 atom stereocenters.